The van der Waals surface area contributed by atoms with Gasteiger partial charge in [-0.25, -0.2) is 4.39 Å². The van der Waals surface area contributed by atoms with E-state index in [1.807, 2.05) is 6.07 Å². The molecule has 0 radical (unpaired) electrons. The van der Waals surface area contributed by atoms with Crippen molar-refractivity contribution in [2.45, 2.75) is 13.3 Å². The lowest BCUT2D eigenvalue weighted by Gasteiger charge is -2.20. The van der Waals surface area contributed by atoms with Gasteiger partial charge in [-0.2, -0.15) is 5.26 Å². The number of carbonyl (C=O) groups excluding carboxylic acids is 2. The van der Waals surface area contributed by atoms with Gasteiger partial charge in [-0.3, -0.25) is 9.59 Å². The van der Waals surface area contributed by atoms with Crippen molar-refractivity contribution in [2.24, 2.45) is 0 Å². The van der Waals surface area contributed by atoms with E-state index in [4.69, 9.17) is 5.26 Å². The summed E-state index contributed by atoms with van der Waals surface area (Å²) in [6.07, 6.45) is 0.330. The molecule has 0 unspecified atom stereocenters. The summed E-state index contributed by atoms with van der Waals surface area (Å²) in [6.45, 7) is 1.50. The number of rotatable bonds is 6. The molecule has 5 nitrogen and oxygen atoms in total. The molecule has 2 rings (SSSR count). The van der Waals surface area contributed by atoms with Crippen LogP contribution in [0.15, 0.2) is 48.5 Å². The Labute approximate surface area is 145 Å². The summed E-state index contributed by atoms with van der Waals surface area (Å²) in [6, 6.07) is 14.8. The molecule has 0 aliphatic heterocycles. The van der Waals surface area contributed by atoms with Crippen molar-refractivity contribution in [2.75, 3.05) is 18.4 Å². The molecule has 2 aromatic carbocycles. The lowest BCUT2D eigenvalue weighted by molar-refractivity contribution is -0.132. The Morgan fingerprint density at radius 1 is 1.16 bits per heavy atom. The zero-order chi connectivity index (χ0) is 18.2. The van der Waals surface area contributed by atoms with E-state index in [0.29, 0.717) is 23.2 Å². The van der Waals surface area contributed by atoms with Gasteiger partial charge in [-0.1, -0.05) is 18.2 Å². The van der Waals surface area contributed by atoms with Crippen molar-refractivity contribution < 1.29 is 14.0 Å². The van der Waals surface area contributed by atoms with E-state index in [2.05, 4.69) is 5.32 Å². The van der Waals surface area contributed by atoms with Gasteiger partial charge >= 0.3 is 0 Å². The highest BCUT2D eigenvalue weighted by Crippen LogP contribution is 2.10. The molecule has 0 aliphatic carbocycles. The summed E-state index contributed by atoms with van der Waals surface area (Å²) >= 11 is 0. The van der Waals surface area contributed by atoms with Gasteiger partial charge in [0.15, 0.2) is 0 Å². The molecular formula is C19H18FN3O2. The summed E-state index contributed by atoms with van der Waals surface area (Å²) in [7, 11) is 0. The van der Waals surface area contributed by atoms with E-state index in [1.165, 1.54) is 17.9 Å². The van der Waals surface area contributed by atoms with Crippen molar-refractivity contribution in [3.63, 3.8) is 0 Å². The van der Waals surface area contributed by atoms with Crippen molar-refractivity contribution in [3.8, 4) is 6.07 Å². The van der Waals surface area contributed by atoms with Crippen molar-refractivity contribution in [1.29, 1.82) is 5.26 Å². The number of nitrogens with zero attached hydrogens (tertiary/aromatic N) is 2. The largest absolute Gasteiger partial charge is 0.333 e. The number of carbonyl (C=O) groups is 2. The fourth-order valence-electron chi connectivity index (χ4n) is 2.31. The van der Waals surface area contributed by atoms with Crippen LogP contribution < -0.4 is 5.32 Å². The minimum absolute atomic E-state index is 0.121. The molecular weight excluding hydrogens is 321 g/mol. The number of nitrogens with one attached hydrogen (secondary N) is 1. The van der Waals surface area contributed by atoms with Gasteiger partial charge < -0.3 is 10.2 Å². The smallest absolute Gasteiger partial charge is 0.243 e. The Hall–Kier alpha value is -3.20. The van der Waals surface area contributed by atoms with Crippen molar-refractivity contribution >= 4 is 17.5 Å². The van der Waals surface area contributed by atoms with E-state index in [1.54, 1.807) is 42.5 Å². The number of nitriles is 1. The van der Waals surface area contributed by atoms with Crippen molar-refractivity contribution in [1.82, 2.24) is 4.90 Å². The number of anilines is 1. The molecule has 1 N–H and O–H groups in total. The van der Waals surface area contributed by atoms with Crippen LogP contribution in [0, 0.1) is 17.1 Å². The summed E-state index contributed by atoms with van der Waals surface area (Å²) in [4.78, 5) is 25.2. The molecule has 0 aromatic heterocycles. The van der Waals surface area contributed by atoms with Crippen LogP contribution in [-0.2, 0) is 16.0 Å². The molecule has 0 spiro atoms. The van der Waals surface area contributed by atoms with Crippen LogP contribution in [0.4, 0.5) is 10.1 Å². The highest BCUT2D eigenvalue weighted by molar-refractivity contribution is 5.94. The van der Waals surface area contributed by atoms with Crippen molar-refractivity contribution in [3.05, 3.63) is 65.5 Å². The monoisotopic (exact) mass is 339 g/mol. The van der Waals surface area contributed by atoms with Crippen LogP contribution in [-0.4, -0.2) is 29.8 Å². The first-order chi connectivity index (χ1) is 12.0. The lowest BCUT2D eigenvalue weighted by Crippen LogP contribution is -2.38. The van der Waals surface area contributed by atoms with Crippen LogP contribution in [0.3, 0.4) is 0 Å². The first kappa shape index (κ1) is 18.1. The first-order valence-corrected chi connectivity index (χ1v) is 7.78. The van der Waals surface area contributed by atoms with Crippen LogP contribution >= 0.6 is 0 Å². The number of halogens is 1. The quantitative estimate of drug-likeness (QED) is 0.879. The van der Waals surface area contributed by atoms with Gasteiger partial charge in [0.1, 0.15) is 5.82 Å². The minimum atomic E-state index is -0.353. The number of benzene rings is 2. The topological polar surface area (TPSA) is 73.2 Å². The van der Waals surface area contributed by atoms with E-state index < -0.39 is 0 Å². The fraction of sp³-hybridized carbons (Fsp3) is 0.211. The predicted octanol–water partition coefficient (Wildman–Crippen LogP) is 2.73. The standard InChI is InChI=1S/C19H18FN3O2/c1-14(24)23(11-10-16-4-2-3-5-18(16)20)13-19(25)22-17-8-6-15(12-21)7-9-17/h2-9H,10-11,13H2,1H3,(H,22,25). The summed E-state index contributed by atoms with van der Waals surface area (Å²) in [5, 5.41) is 11.4. The SMILES string of the molecule is CC(=O)N(CCc1ccccc1F)CC(=O)Nc1ccc(C#N)cc1. The Morgan fingerprint density at radius 2 is 1.84 bits per heavy atom. The van der Waals surface area contributed by atoms with Crippen LogP contribution in [0.5, 0.6) is 0 Å². The van der Waals surface area contributed by atoms with Crippen LogP contribution in [0.1, 0.15) is 18.1 Å². The lowest BCUT2D eigenvalue weighted by atomic mass is 10.1. The fourth-order valence-corrected chi connectivity index (χ4v) is 2.31. The highest BCUT2D eigenvalue weighted by atomic mass is 19.1. The van der Waals surface area contributed by atoms with Gasteiger partial charge in [0.2, 0.25) is 11.8 Å². The maximum absolute atomic E-state index is 13.6. The summed E-state index contributed by atoms with van der Waals surface area (Å²) in [5.74, 6) is -0.937. The highest BCUT2D eigenvalue weighted by Gasteiger charge is 2.14. The average molecular weight is 339 g/mol. The molecule has 0 fully saturated rings. The third-order valence-electron chi connectivity index (χ3n) is 3.69. The maximum Gasteiger partial charge on any atom is 0.243 e. The molecule has 0 heterocycles. The van der Waals surface area contributed by atoms with Gasteiger partial charge in [0.25, 0.3) is 0 Å². The van der Waals surface area contributed by atoms with E-state index in [9.17, 15) is 14.0 Å². The molecule has 128 valence electrons. The molecule has 25 heavy (non-hydrogen) atoms. The van der Waals surface area contributed by atoms with Gasteiger partial charge in [-0.05, 0) is 42.3 Å². The number of hydrogen-bond acceptors (Lipinski definition) is 3. The number of amides is 2. The van der Waals surface area contributed by atoms with Gasteiger partial charge in [0, 0.05) is 19.2 Å². The molecule has 0 bridgehead atoms. The molecule has 2 amide bonds. The Morgan fingerprint density at radius 3 is 2.44 bits per heavy atom. The average Bonchev–Trinajstić information content (AvgIpc) is 2.60. The zero-order valence-electron chi connectivity index (χ0n) is 13.8. The third-order valence-corrected chi connectivity index (χ3v) is 3.69. The molecule has 2 aromatic rings. The minimum Gasteiger partial charge on any atom is -0.333 e. The molecule has 0 saturated carbocycles. The van der Waals surface area contributed by atoms with Gasteiger partial charge in [-0.15, -0.1) is 0 Å². The second-order valence-electron chi connectivity index (χ2n) is 5.52. The summed E-state index contributed by atoms with van der Waals surface area (Å²) < 4.78 is 13.6. The third kappa shape index (κ3) is 5.43. The Bertz CT molecular complexity index is 797. The Kier molecular flexibility index (Phi) is 6.24. The zero-order valence-corrected chi connectivity index (χ0v) is 13.8. The maximum atomic E-state index is 13.6. The second kappa shape index (κ2) is 8.60. The molecule has 6 heteroatoms. The van der Waals surface area contributed by atoms with E-state index in [-0.39, 0.29) is 30.7 Å². The molecule has 0 aliphatic rings. The van der Waals surface area contributed by atoms with E-state index >= 15 is 0 Å². The van der Waals surface area contributed by atoms with Crippen LogP contribution in [0.2, 0.25) is 0 Å². The first-order valence-electron chi connectivity index (χ1n) is 7.78. The Balaban J connectivity index is 1.93. The normalized spacial score (nSPS) is 9.96. The predicted molar refractivity (Wildman–Crippen MR) is 92.1 cm³/mol. The second-order valence-corrected chi connectivity index (χ2v) is 5.52. The molecule has 0 atom stereocenters. The van der Waals surface area contributed by atoms with Gasteiger partial charge in [0.05, 0.1) is 18.2 Å². The van der Waals surface area contributed by atoms with Crippen LogP contribution in [0.25, 0.3) is 0 Å². The summed E-state index contributed by atoms with van der Waals surface area (Å²) in [5.41, 5.74) is 1.54. The number of hydrogen-bond donors (Lipinski definition) is 1. The molecule has 0 saturated heterocycles. The van der Waals surface area contributed by atoms with E-state index in [0.717, 1.165) is 0 Å².